The van der Waals surface area contributed by atoms with Crippen LogP contribution in [0.1, 0.15) is 11.1 Å². The highest BCUT2D eigenvalue weighted by molar-refractivity contribution is 5.83. The lowest BCUT2D eigenvalue weighted by molar-refractivity contribution is 0.187. The van der Waals surface area contributed by atoms with Crippen molar-refractivity contribution in [3.8, 4) is 0 Å². The smallest absolute Gasteiger partial charge is 0.412 e. The van der Waals surface area contributed by atoms with E-state index in [4.69, 9.17) is 0 Å². The van der Waals surface area contributed by atoms with E-state index in [1.165, 1.54) is 18.2 Å². The summed E-state index contributed by atoms with van der Waals surface area (Å²) in [7, 11) is 1.31. The van der Waals surface area contributed by atoms with Gasteiger partial charge >= 0.3 is 6.09 Å². The van der Waals surface area contributed by atoms with Crippen LogP contribution in [-0.2, 0) is 11.3 Å². The molecule has 2 rings (SSSR count). The van der Waals surface area contributed by atoms with Crippen molar-refractivity contribution >= 4 is 17.6 Å². The van der Waals surface area contributed by atoms with Crippen molar-refractivity contribution in [3.63, 3.8) is 0 Å². The molecule has 1 aromatic heterocycles. The van der Waals surface area contributed by atoms with Crippen molar-refractivity contribution in [2.24, 2.45) is 0 Å². The zero-order valence-electron chi connectivity index (χ0n) is 11.5. The summed E-state index contributed by atoms with van der Waals surface area (Å²) in [5.41, 5.74) is 3.34. The molecular weight excluding hydrogens is 254 g/mol. The summed E-state index contributed by atoms with van der Waals surface area (Å²) in [5.74, 6) is 0.456. The van der Waals surface area contributed by atoms with E-state index in [1.807, 2.05) is 6.07 Å². The van der Waals surface area contributed by atoms with Gasteiger partial charge in [0.1, 0.15) is 5.82 Å². The number of nitrogens with zero attached hydrogens (tertiary/aromatic N) is 1. The van der Waals surface area contributed by atoms with E-state index in [9.17, 15) is 4.79 Å². The summed E-state index contributed by atoms with van der Waals surface area (Å²) in [6.45, 7) is 2.79. The fourth-order valence-electron chi connectivity index (χ4n) is 1.64. The first-order valence-electron chi connectivity index (χ1n) is 6.28. The maximum atomic E-state index is 11.0. The number of ether oxygens (including phenoxy) is 1. The molecule has 0 bridgehead atoms. The van der Waals surface area contributed by atoms with Gasteiger partial charge in [0.25, 0.3) is 0 Å². The molecule has 0 saturated heterocycles. The summed E-state index contributed by atoms with van der Waals surface area (Å²) in [6, 6.07) is 11.9. The molecule has 0 atom stereocenters. The monoisotopic (exact) mass is 271 g/mol. The van der Waals surface area contributed by atoms with Gasteiger partial charge in [-0.05, 0) is 24.6 Å². The predicted octanol–water partition coefficient (Wildman–Crippen LogP) is 3.18. The molecule has 0 aliphatic heterocycles. The summed E-state index contributed by atoms with van der Waals surface area (Å²) in [5, 5.41) is 5.77. The van der Waals surface area contributed by atoms with E-state index >= 15 is 0 Å². The van der Waals surface area contributed by atoms with Crippen molar-refractivity contribution in [1.29, 1.82) is 0 Å². The van der Waals surface area contributed by atoms with Gasteiger partial charge in [-0.15, -0.1) is 0 Å². The Balaban J connectivity index is 1.90. The Hall–Kier alpha value is -2.56. The van der Waals surface area contributed by atoms with Gasteiger partial charge in [-0.3, -0.25) is 5.32 Å². The fraction of sp³-hybridized carbons (Fsp3) is 0.200. The Labute approximate surface area is 118 Å². The van der Waals surface area contributed by atoms with Crippen molar-refractivity contribution in [3.05, 3.63) is 53.7 Å². The van der Waals surface area contributed by atoms with Crippen LogP contribution in [0.25, 0.3) is 0 Å². The number of methoxy groups -OCH3 is 1. The van der Waals surface area contributed by atoms with Gasteiger partial charge in [0.2, 0.25) is 0 Å². The van der Waals surface area contributed by atoms with E-state index < -0.39 is 6.09 Å². The lowest BCUT2D eigenvalue weighted by Crippen LogP contribution is -2.12. The third-order valence-electron chi connectivity index (χ3n) is 2.80. The van der Waals surface area contributed by atoms with Gasteiger partial charge in [0.15, 0.2) is 0 Å². The first-order valence-corrected chi connectivity index (χ1v) is 6.28. The van der Waals surface area contributed by atoms with E-state index in [0.29, 0.717) is 5.82 Å². The highest BCUT2D eigenvalue weighted by Gasteiger charge is 2.01. The average Bonchev–Trinajstić information content (AvgIpc) is 2.48. The number of aryl methyl sites for hydroxylation is 1. The Kier molecular flexibility index (Phi) is 4.55. The minimum atomic E-state index is -0.530. The van der Waals surface area contributed by atoms with Gasteiger partial charge < -0.3 is 10.1 Å². The van der Waals surface area contributed by atoms with Crippen LogP contribution in [0.2, 0.25) is 0 Å². The van der Waals surface area contributed by atoms with Gasteiger partial charge in [-0.1, -0.05) is 29.8 Å². The molecule has 20 heavy (non-hydrogen) atoms. The molecule has 2 N–H and O–H groups in total. The lowest BCUT2D eigenvalue weighted by atomic mass is 10.1. The number of aromatic nitrogens is 1. The molecule has 0 saturated carbocycles. The average molecular weight is 271 g/mol. The minimum absolute atomic E-state index is 0.456. The lowest BCUT2D eigenvalue weighted by Gasteiger charge is -2.08. The van der Waals surface area contributed by atoms with Gasteiger partial charge in [0.05, 0.1) is 19.0 Å². The van der Waals surface area contributed by atoms with Crippen molar-refractivity contribution in [2.75, 3.05) is 17.7 Å². The first-order chi connectivity index (χ1) is 9.67. The number of hydrogen-bond donors (Lipinski definition) is 2. The minimum Gasteiger partial charge on any atom is -0.453 e. The van der Waals surface area contributed by atoms with Crippen LogP contribution in [0.4, 0.5) is 16.3 Å². The topological polar surface area (TPSA) is 63.2 Å². The quantitative estimate of drug-likeness (QED) is 0.896. The number of amides is 1. The Morgan fingerprint density at radius 1 is 1.20 bits per heavy atom. The summed E-state index contributed by atoms with van der Waals surface area (Å²) in [4.78, 5) is 15.1. The standard InChI is InChI=1S/C15H17N3O2/c1-11-3-5-12(6-4-11)9-16-13-7-8-14(17-10-13)18-15(19)20-2/h3-8,10,16H,9H2,1-2H3,(H,17,18,19). The van der Waals surface area contributed by atoms with E-state index in [2.05, 4.69) is 51.5 Å². The number of benzene rings is 1. The number of nitrogens with one attached hydrogen (secondary N) is 2. The SMILES string of the molecule is COC(=O)Nc1ccc(NCc2ccc(C)cc2)cn1. The van der Waals surface area contributed by atoms with Crippen LogP contribution in [0, 0.1) is 6.92 Å². The van der Waals surface area contributed by atoms with Crippen LogP contribution in [0.5, 0.6) is 0 Å². The summed E-state index contributed by atoms with van der Waals surface area (Å²) < 4.78 is 4.49. The third kappa shape index (κ3) is 3.98. The number of anilines is 2. The second-order valence-corrected chi connectivity index (χ2v) is 4.39. The number of carbonyl (C=O) groups is 1. The zero-order chi connectivity index (χ0) is 14.4. The van der Waals surface area contributed by atoms with E-state index in [1.54, 1.807) is 12.3 Å². The van der Waals surface area contributed by atoms with E-state index in [-0.39, 0.29) is 0 Å². The number of hydrogen-bond acceptors (Lipinski definition) is 4. The number of pyridine rings is 1. The maximum Gasteiger partial charge on any atom is 0.412 e. The summed E-state index contributed by atoms with van der Waals surface area (Å²) in [6.07, 6.45) is 1.14. The molecule has 0 fully saturated rings. The summed E-state index contributed by atoms with van der Waals surface area (Å²) >= 11 is 0. The molecule has 0 aliphatic carbocycles. The Morgan fingerprint density at radius 3 is 2.55 bits per heavy atom. The van der Waals surface area contributed by atoms with Crippen molar-refractivity contribution in [1.82, 2.24) is 4.98 Å². The number of rotatable bonds is 4. The zero-order valence-corrected chi connectivity index (χ0v) is 11.5. The number of carbonyl (C=O) groups excluding carboxylic acids is 1. The van der Waals surface area contributed by atoms with E-state index in [0.717, 1.165) is 12.2 Å². The fourth-order valence-corrected chi connectivity index (χ4v) is 1.64. The molecular formula is C15H17N3O2. The molecule has 104 valence electrons. The maximum absolute atomic E-state index is 11.0. The molecule has 1 amide bonds. The van der Waals surface area contributed by atoms with Crippen LogP contribution in [-0.4, -0.2) is 18.2 Å². The highest BCUT2D eigenvalue weighted by atomic mass is 16.5. The van der Waals surface area contributed by atoms with Crippen LogP contribution >= 0.6 is 0 Å². The second-order valence-electron chi connectivity index (χ2n) is 4.39. The Bertz CT molecular complexity index is 565. The molecule has 0 aliphatic rings. The van der Waals surface area contributed by atoms with Gasteiger partial charge in [0, 0.05) is 6.54 Å². The molecule has 5 nitrogen and oxygen atoms in total. The third-order valence-corrected chi connectivity index (χ3v) is 2.80. The van der Waals surface area contributed by atoms with Crippen LogP contribution in [0.3, 0.4) is 0 Å². The molecule has 5 heteroatoms. The molecule has 0 spiro atoms. The highest BCUT2D eigenvalue weighted by Crippen LogP contribution is 2.12. The van der Waals surface area contributed by atoms with Gasteiger partial charge in [-0.2, -0.15) is 0 Å². The normalized spacial score (nSPS) is 9.90. The molecule has 1 heterocycles. The molecule has 2 aromatic rings. The van der Waals surface area contributed by atoms with Gasteiger partial charge in [-0.25, -0.2) is 9.78 Å². The Morgan fingerprint density at radius 2 is 1.95 bits per heavy atom. The first kappa shape index (κ1) is 13.9. The molecule has 1 aromatic carbocycles. The second kappa shape index (κ2) is 6.56. The van der Waals surface area contributed by atoms with Crippen molar-refractivity contribution in [2.45, 2.75) is 13.5 Å². The van der Waals surface area contributed by atoms with Crippen LogP contribution in [0.15, 0.2) is 42.6 Å². The molecule has 0 unspecified atom stereocenters. The predicted molar refractivity (Wildman–Crippen MR) is 78.8 cm³/mol. The van der Waals surface area contributed by atoms with Crippen LogP contribution < -0.4 is 10.6 Å². The van der Waals surface area contributed by atoms with Crippen molar-refractivity contribution < 1.29 is 9.53 Å². The molecule has 0 radical (unpaired) electrons. The largest absolute Gasteiger partial charge is 0.453 e.